The maximum Gasteiger partial charge on any atom is 0.246 e. The van der Waals surface area contributed by atoms with Crippen LogP contribution in [0.25, 0.3) is 22.4 Å². The number of carbonyl (C=O) groups excluding carboxylic acids is 1. The third kappa shape index (κ3) is 4.60. The molecule has 33 heavy (non-hydrogen) atoms. The first-order chi connectivity index (χ1) is 16.0. The van der Waals surface area contributed by atoms with Gasteiger partial charge in [-0.1, -0.05) is 35.0 Å². The van der Waals surface area contributed by atoms with Crippen molar-refractivity contribution in [1.82, 2.24) is 29.3 Å². The molecule has 1 saturated heterocycles. The van der Waals surface area contributed by atoms with Gasteiger partial charge in [0, 0.05) is 48.9 Å². The Morgan fingerprint density at radius 1 is 1.09 bits per heavy atom. The van der Waals surface area contributed by atoms with Crippen molar-refractivity contribution in [2.45, 2.75) is 27.3 Å². The van der Waals surface area contributed by atoms with Gasteiger partial charge in [-0.2, -0.15) is 4.98 Å². The van der Waals surface area contributed by atoms with Crippen molar-refractivity contribution in [2.24, 2.45) is 0 Å². The molecule has 0 spiro atoms. The van der Waals surface area contributed by atoms with Crippen molar-refractivity contribution in [3.05, 3.63) is 64.3 Å². The zero-order valence-electron chi connectivity index (χ0n) is 19.0. The van der Waals surface area contributed by atoms with Crippen LogP contribution in [0, 0.1) is 20.8 Å². The first kappa shape index (κ1) is 21.5. The van der Waals surface area contributed by atoms with Gasteiger partial charge in [-0.25, -0.2) is 4.98 Å². The van der Waals surface area contributed by atoms with Gasteiger partial charge in [-0.05, 0) is 26.8 Å². The molecule has 1 aliphatic rings. The lowest BCUT2D eigenvalue weighted by molar-refractivity contribution is -0.127. The molecule has 0 radical (unpaired) electrons. The van der Waals surface area contributed by atoms with Gasteiger partial charge in [0.1, 0.15) is 0 Å². The standard InChI is InChI=1S/C24H26N6O2S/c1-16-4-6-19(7-5-16)23-26-21(32-27-23)15-28-10-12-29(13-11-28)22(31)9-8-20-18(3)25-24-30(20)14-17(2)33-24/h4-9,14H,10-13,15H2,1-3H3/b9-8+. The van der Waals surface area contributed by atoms with Crippen LogP contribution in [-0.4, -0.2) is 61.4 Å². The number of benzene rings is 1. The van der Waals surface area contributed by atoms with Crippen LogP contribution in [0.5, 0.6) is 0 Å². The summed E-state index contributed by atoms with van der Waals surface area (Å²) >= 11 is 1.65. The minimum atomic E-state index is 0.0235. The number of aromatic nitrogens is 4. The van der Waals surface area contributed by atoms with Crippen LogP contribution in [-0.2, 0) is 11.3 Å². The zero-order chi connectivity index (χ0) is 22.9. The zero-order valence-corrected chi connectivity index (χ0v) is 19.8. The van der Waals surface area contributed by atoms with Crippen molar-refractivity contribution in [3.63, 3.8) is 0 Å². The lowest BCUT2D eigenvalue weighted by Gasteiger charge is -2.33. The average Bonchev–Trinajstić information content (AvgIpc) is 3.48. The van der Waals surface area contributed by atoms with Gasteiger partial charge in [0.2, 0.25) is 17.6 Å². The topological polar surface area (TPSA) is 79.8 Å². The molecule has 9 heteroatoms. The van der Waals surface area contributed by atoms with Crippen molar-refractivity contribution in [3.8, 4) is 11.4 Å². The first-order valence-corrected chi connectivity index (χ1v) is 11.8. The van der Waals surface area contributed by atoms with Crippen LogP contribution in [0.1, 0.15) is 27.7 Å². The number of fused-ring (bicyclic) bond motifs is 1. The molecule has 1 aliphatic heterocycles. The summed E-state index contributed by atoms with van der Waals surface area (Å²) < 4.78 is 7.50. The van der Waals surface area contributed by atoms with Crippen LogP contribution in [0.4, 0.5) is 0 Å². The number of nitrogens with zero attached hydrogens (tertiary/aromatic N) is 6. The lowest BCUT2D eigenvalue weighted by atomic mass is 10.1. The highest BCUT2D eigenvalue weighted by atomic mass is 32.1. The van der Waals surface area contributed by atoms with Crippen LogP contribution in [0.15, 0.2) is 41.1 Å². The number of amides is 1. The second kappa shape index (κ2) is 8.92. The third-order valence-electron chi connectivity index (χ3n) is 5.87. The molecule has 1 aromatic carbocycles. The molecule has 1 fully saturated rings. The molecular formula is C24H26N6O2S. The fraction of sp³-hybridized carbons (Fsp3) is 0.333. The number of hydrogen-bond acceptors (Lipinski definition) is 7. The summed E-state index contributed by atoms with van der Waals surface area (Å²) in [6.07, 6.45) is 5.59. The molecule has 0 aliphatic carbocycles. The van der Waals surface area contributed by atoms with E-state index in [-0.39, 0.29) is 5.91 Å². The highest BCUT2D eigenvalue weighted by Crippen LogP contribution is 2.22. The summed E-state index contributed by atoms with van der Waals surface area (Å²) in [6.45, 7) is 9.53. The molecular weight excluding hydrogens is 436 g/mol. The van der Waals surface area contributed by atoms with E-state index < -0.39 is 0 Å². The van der Waals surface area contributed by atoms with Gasteiger partial charge in [-0.15, -0.1) is 11.3 Å². The molecule has 5 rings (SSSR count). The van der Waals surface area contributed by atoms with E-state index in [0.29, 0.717) is 31.3 Å². The van der Waals surface area contributed by atoms with Gasteiger partial charge < -0.3 is 9.42 Å². The Balaban J connectivity index is 1.16. The van der Waals surface area contributed by atoms with E-state index in [9.17, 15) is 4.79 Å². The molecule has 3 aromatic heterocycles. The van der Waals surface area contributed by atoms with Gasteiger partial charge in [0.25, 0.3) is 0 Å². The average molecular weight is 463 g/mol. The van der Waals surface area contributed by atoms with Gasteiger partial charge in [0.15, 0.2) is 4.96 Å². The fourth-order valence-corrected chi connectivity index (χ4v) is 4.87. The van der Waals surface area contributed by atoms with Crippen molar-refractivity contribution in [2.75, 3.05) is 26.2 Å². The highest BCUT2D eigenvalue weighted by molar-refractivity contribution is 7.17. The summed E-state index contributed by atoms with van der Waals surface area (Å²) in [7, 11) is 0. The monoisotopic (exact) mass is 462 g/mol. The quantitative estimate of drug-likeness (QED) is 0.421. The van der Waals surface area contributed by atoms with E-state index in [1.807, 2.05) is 53.5 Å². The third-order valence-corrected chi connectivity index (χ3v) is 6.77. The van der Waals surface area contributed by atoms with Crippen LogP contribution >= 0.6 is 11.3 Å². The molecule has 0 bridgehead atoms. The number of imidazole rings is 1. The Labute approximate surface area is 196 Å². The van der Waals surface area contributed by atoms with Crippen LogP contribution in [0.2, 0.25) is 0 Å². The molecule has 0 N–H and O–H groups in total. The van der Waals surface area contributed by atoms with Crippen LogP contribution in [0.3, 0.4) is 0 Å². The SMILES string of the molecule is Cc1ccc(-c2noc(CN3CCN(C(=O)/C=C/c4c(C)nc5sc(C)cn45)CC3)n2)cc1. The molecule has 8 nitrogen and oxygen atoms in total. The number of thiazole rings is 1. The van der Waals surface area contributed by atoms with E-state index in [1.165, 1.54) is 10.4 Å². The minimum Gasteiger partial charge on any atom is -0.338 e. The number of hydrogen-bond donors (Lipinski definition) is 0. The molecule has 0 atom stereocenters. The lowest BCUT2D eigenvalue weighted by Crippen LogP contribution is -2.47. The smallest absolute Gasteiger partial charge is 0.246 e. The number of aryl methyl sites for hydroxylation is 3. The molecule has 1 amide bonds. The maximum atomic E-state index is 12.7. The van der Waals surface area contributed by atoms with Gasteiger partial charge in [0.05, 0.1) is 17.9 Å². The molecule has 4 heterocycles. The maximum absolute atomic E-state index is 12.7. The molecule has 0 unspecified atom stereocenters. The summed E-state index contributed by atoms with van der Waals surface area (Å²) in [5, 5.41) is 4.11. The molecule has 4 aromatic rings. The van der Waals surface area contributed by atoms with Crippen molar-refractivity contribution in [1.29, 1.82) is 0 Å². The highest BCUT2D eigenvalue weighted by Gasteiger charge is 2.22. The van der Waals surface area contributed by atoms with E-state index in [1.54, 1.807) is 17.4 Å². The number of rotatable bonds is 5. The molecule has 0 saturated carbocycles. The molecule has 170 valence electrons. The summed E-state index contributed by atoms with van der Waals surface area (Å²) in [5.41, 5.74) is 4.03. The summed E-state index contributed by atoms with van der Waals surface area (Å²) in [5.74, 6) is 1.22. The van der Waals surface area contributed by atoms with Gasteiger partial charge in [-0.3, -0.25) is 14.1 Å². The Kier molecular flexibility index (Phi) is 5.82. The number of piperazine rings is 1. The largest absolute Gasteiger partial charge is 0.338 e. The Bertz CT molecular complexity index is 1310. The predicted molar refractivity (Wildman–Crippen MR) is 128 cm³/mol. The summed E-state index contributed by atoms with van der Waals surface area (Å²) in [6, 6.07) is 8.07. The first-order valence-electron chi connectivity index (χ1n) is 11.0. The van der Waals surface area contributed by atoms with Crippen LogP contribution < -0.4 is 0 Å². The second-order valence-corrected chi connectivity index (χ2v) is 9.60. The fourth-order valence-electron chi connectivity index (χ4n) is 3.99. The second-order valence-electron chi connectivity index (χ2n) is 8.39. The van der Waals surface area contributed by atoms with E-state index in [2.05, 4.69) is 33.1 Å². The van der Waals surface area contributed by atoms with E-state index >= 15 is 0 Å². The Hall–Kier alpha value is -3.30. The summed E-state index contributed by atoms with van der Waals surface area (Å²) in [4.78, 5) is 28.1. The number of carbonyl (C=O) groups is 1. The Morgan fingerprint density at radius 3 is 2.61 bits per heavy atom. The normalized spacial score (nSPS) is 15.2. The van der Waals surface area contributed by atoms with Crippen molar-refractivity contribution >= 4 is 28.3 Å². The minimum absolute atomic E-state index is 0.0235. The van der Waals surface area contributed by atoms with E-state index in [4.69, 9.17) is 4.52 Å². The van der Waals surface area contributed by atoms with Crippen molar-refractivity contribution < 1.29 is 9.32 Å². The van der Waals surface area contributed by atoms with E-state index in [0.717, 1.165) is 35.0 Å². The van der Waals surface area contributed by atoms with Gasteiger partial charge >= 0.3 is 0 Å². The predicted octanol–water partition coefficient (Wildman–Crippen LogP) is 3.73. The Morgan fingerprint density at radius 2 is 1.85 bits per heavy atom.